The number of hydrogen-bond donors (Lipinski definition) is 0. The van der Waals surface area contributed by atoms with Crippen LogP contribution < -0.4 is 0 Å². The number of hydrogen-bond acceptors (Lipinski definition) is 3. The van der Waals surface area contributed by atoms with Crippen LogP contribution in [0, 0.1) is 0 Å². The summed E-state index contributed by atoms with van der Waals surface area (Å²) in [7, 11) is 0. The zero-order chi connectivity index (χ0) is 16.6. The Balaban J connectivity index is 2.22. The first-order valence-electron chi connectivity index (χ1n) is 9.17. The maximum absolute atomic E-state index is 5.94. The van der Waals surface area contributed by atoms with Crippen LogP contribution in [0.1, 0.15) is 57.9 Å². The van der Waals surface area contributed by atoms with Gasteiger partial charge < -0.3 is 14.2 Å². The minimum atomic E-state index is 0.0391. The second kappa shape index (κ2) is 14.7. The molecule has 1 aromatic rings. The SMILES string of the molecule is CCCCCOC[C@H](COCc1ccccc1)OCCCCC. The fraction of sp³-hybridized carbons (Fsp3) is 0.700. The Hall–Kier alpha value is -0.900. The predicted molar refractivity (Wildman–Crippen MR) is 95.7 cm³/mol. The summed E-state index contributed by atoms with van der Waals surface area (Å²) < 4.78 is 17.5. The molecule has 0 unspecified atom stereocenters. The molecule has 1 rings (SSSR count). The Bertz CT molecular complexity index is 353. The van der Waals surface area contributed by atoms with Gasteiger partial charge in [0.25, 0.3) is 0 Å². The molecule has 0 saturated heterocycles. The number of rotatable bonds is 15. The molecule has 1 aromatic carbocycles. The molecule has 3 heteroatoms. The van der Waals surface area contributed by atoms with Crippen molar-refractivity contribution in [3.63, 3.8) is 0 Å². The molecule has 0 aliphatic rings. The van der Waals surface area contributed by atoms with Crippen LogP contribution in [0.2, 0.25) is 0 Å². The van der Waals surface area contributed by atoms with Gasteiger partial charge in [-0.15, -0.1) is 0 Å². The van der Waals surface area contributed by atoms with Gasteiger partial charge in [-0.1, -0.05) is 69.9 Å². The normalized spacial score (nSPS) is 12.4. The average molecular weight is 322 g/mol. The van der Waals surface area contributed by atoms with Crippen molar-refractivity contribution in [3.05, 3.63) is 35.9 Å². The maximum atomic E-state index is 5.94. The summed E-state index contributed by atoms with van der Waals surface area (Å²) in [5, 5.41) is 0. The van der Waals surface area contributed by atoms with Gasteiger partial charge in [0.05, 0.1) is 19.8 Å². The smallest absolute Gasteiger partial charge is 0.104 e. The van der Waals surface area contributed by atoms with Crippen molar-refractivity contribution in [1.82, 2.24) is 0 Å². The summed E-state index contributed by atoms with van der Waals surface area (Å²) in [6, 6.07) is 10.3. The quantitative estimate of drug-likeness (QED) is 0.426. The van der Waals surface area contributed by atoms with E-state index in [-0.39, 0.29) is 6.10 Å². The van der Waals surface area contributed by atoms with Crippen molar-refractivity contribution in [2.24, 2.45) is 0 Å². The first-order chi connectivity index (χ1) is 11.4. The average Bonchev–Trinajstić information content (AvgIpc) is 2.59. The highest BCUT2D eigenvalue weighted by Gasteiger charge is 2.10. The van der Waals surface area contributed by atoms with Crippen LogP contribution >= 0.6 is 0 Å². The van der Waals surface area contributed by atoms with Crippen molar-refractivity contribution in [1.29, 1.82) is 0 Å². The van der Waals surface area contributed by atoms with Crippen LogP contribution in [0.3, 0.4) is 0 Å². The zero-order valence-electron chi connectivity index (χ0n) is 15.0. The molecule has 0 bridgehead atoms. The predicted octanol–water partition coefficient (Wildman–Crippen LogP) is 4.99. The van der Waals surface area contributed by atoms with Gasteiger partial charge in [-0.05, 0) is 18.4 Å². The molecule has 0 radical (unpaired) electrons. The fourth-order valence-corrected chi connectivity index (χ4v) is 2.30. The van der Waals surface area contributed by atoms with Crippen LogP contribution in [0.25, 0.3) is 0 Å². The van der Waals surface area contributed by atoms with E-state index in [1.54, 1.807) is 0 Å². The van der Waals surface area contributed by atoms with Crippen molar-refractivity contribution in [3.8, 4) is 0 Å². The third kappa shape index (κ3) is 11.3. The number of unbranched alkanes of at least 4 members (excludes halogenated alkanes) is 4. The van der Waals surface area contributed by atoms with E-state index >= 15 is 0 Å². The lowest BCUT2D eigenvalue weighted by Crippen LogP contribution is -2.26. The van der Waals surface area contributed by atoms with E-state index < -0.39 is 0 Å². The Kier molecular flexibility index (Phi) is 12.9. The molecule has 0 heterocycles. The summed E-state index contributed by atoms with van der Waals surface area (Å²) >= 11 is 0. The minimum Gasteiger partial charge on any atom is -0.379 e. The molecule has 0 fully saturated rings. The molecule has 23 heavy (non-hydrogen) atoms. The standard InChI is InChI=1S/C20H34O3/c1-3-5-10-14-21-17-20(23-15-11-6-4-2)18-22-16-19-12-8-7-9-13-19/h7-9,12-13,20H,3-6,10-11,14-18H2,1-2H3/t20-/m1/s1. The third-order valence-corrected chi connectivity index (χ3v) is 3.71. The van der Waals surface area contributed by atoms with Crippen LogP contribution in [0.5, 0.6) is 0 Å². The van der Waals surface area contributed by atoms with E-state index in [1.807, 2.05) is 18.2 Å². The zero-order valence-corrected chi connectivity index (χ0v) is 15.0. The van der Waals surface area contributed by atoms with E-state index in [0.29, 0.717) is 19.8 Å². The van der Waals surface area contributed by atoms with Crippen LogP contribution in [-0.4, -0.2) is 32.5 Å². The Morgan fingerprint density at radius 1 is 0.783 bits per heavy atom. The van der Waals surface area contributed by atoms with Gasteiger partial charge in [0.1, 0.15) is 6.10 Å². The molecular formula is C20H34O3. The molecule has 132 valence electrons. The van der Waals surface area contributed by atoms with Crippen LogP contribution in [-0.2, 0) is 20.8 Å². The largest absolute Gasteiger partial charge is 0.379 e. The summed E-state index contributed by atoms with van der Waals surface area (Å²) in [5.41, 5.74) is 1.20. The van der Waals surface area contributed by atoms with Gasteiger partial charge in [-0.2, -0.15) is 0 Å². The van der Waals surface area contributed by atoms with Gasteiger partial charge in [0.2, 0.25) is 0 Å². The highest BCUT2D eigenvalue weighted by atomic mass is 16.6. The molecule has 0 aliphatic heterocycles. The van der Waals surface area contributed by atoms with Crippen molar-refractivity contribution < 1.29 is 14.2 Å². The molecule has 0 amide bonds. The molecule has 0 aliphatic carbocycles. The molecule has 0 saturated carbocycles. The molecule has 0 spiro atoms. The first kappa shape index (κ1) is 20.1. The monoisotopic (exact) mass is 322 g/mol. The Morgan fingerprint density at radius 3 is 2.13 bits per heavy atom. The number of ether oxygens (including phenoxy) is 3. The lowest BCUT2D eigenvalue weighted by atomic mass is 10.2. The molecular weight excluding hydrogens is 288 g/mol. The van der Waals surface area contributed by atoms with Crippen LogP contribution in [0.4, 0.5) is 0 Å². The minimum absolute atomic E-state index is 0.0391. The van der Waals surface area contributed by atoms with E-state index in [9.17, 15) is 0 Å². The summed E-state index contributed by atoms with van der Waals surface area (Å²) in [5.74, 6) is 0. The van der Waals surface area contributed by atoms with Crippen molar-refractivity contribution >= 4 is 0 Å². The Labute approximate surface area is 142 Å². The first-order valence-corrected chi connectivity index (χ1v) is 9.17. The Morgan fingerprint density at radius 2 is 1.43 bits per heavy atom. The van der Waals surface area contributed by atoms with Crippen molar-refractivity contribution in [2.45, 2.75) is 65.1 Å². The van der Waals surface area contributed by atoms with Gasteiger partial charge >= 0.3 is 0 Å². The van der Waals surface area contributed by atoms with Gasteiger partial charge in [-0.3, -0.25) is 0 Å². The summed E-state index contributed by atoms with van der Waals surface area (Å²) in [6.45, 7) is 7.88. The highest BCUT2D eigenvalue weighted by molar-refractivity contribution is 5.13. The van der Waals surface area contributed by atoms with E-state index in [0.717, 1.165) is 26.1 Å². The maximum Gasteiger partial charge on any atom is 0.104 e. The second-order valence-corrected chi connectivity index (χ2v) is 5.98. The number of benzene rings is 1. The lowest BCUT2D eigenvalue weighted by molar-refractivity contribution is -0.0644. The second-order valence-electron chi connectivity index (χ2n) is 5.98. The summed E-state index contributed by atoms with van der Waals surface area (Å²) in [4.78, 5) is 0. The molecule has 3 nitrogen and oxygen atoms in total. The van der Waals surface area contributed by atoms with Gasteiger partial charge in [-0.25, -0.2) is 0 Å². The van der Waals surface area contributed by atoms with Crippen LogP contribution in [0.15, 0.2) is 30.3 Å². The van der Waals surface area contributed by atoms with E-state index in [1.165, 1.54) is 31.2 Å². The van der Waals surface area contributed by atoms with Gasteiger partial charge in [0, 0.05) is 13.2 Å². The third-order valence-electron chi connectivity index (χ3n) is 3.71. The molecule has 0 N–H and O–H groups in total. The van der Waals surface area contributed by atoms with E-state index in [4.69, 9.17) is 14.2 Å². The van der Waals surface area contributed by atoms with E-state index in [2.05, 4.69) is 26.0 Å². The molecule has 1 atom stereocenters. The topological polar surface area (TPSA) is 27.7 Å². The van der Waals surface area contributed by atoms with Gasteiger partial charge in [0.15, 0.2) is 0 Å². The van der Waals surface area contributed by atoms with Crippen molar-refractivity contribution in [2.75, 3.05) is 26.4 Å². The lowest BCUT2D eigenvalue weighted by Gasteiger charge is -2.18. The highest BCUT2D eigenvalue weighted by Crippen LogP contribution is 2.05. The summed E-state index contributed by atoms with van der Waals surface area (Å²) in [6.07, 6.45) is 7.16. The fourth-order valence-electron chi connectivity index (χ4n) is 2.30. The molecule has 0 aromatic heterocycles.